The van der Waals surface area contributed by atoms with Gasteiger partial charge in [-0.25, -0.2) is 0 Å². The van der Waals surface area contributed by atoms with Crippen LogP contribution in [0.3, 0.4) is 0 Å². The lowest BCUT2D eigenvalue weighted by atomic mass is 10.2. The molecule has 19 heavy (non-hydrogen) atoms. The number of benzene rings is 2. The van der Waals surface area contributed by atoms with Crippen LogP contribution in [0.1, 0.15) is 11.1 Å². The second-order valence-corrected chi connectivity index (χ2v) is 4.27. The largest absolute Gasteiger partial charge is 0.448 e. The molecule has 0 amide bonds. The van der Waals surface area contributed by atoms with E-state index in [4.69, 9.17) is 9.47 Å². The third kappa shape index (κ3) is 3.35. The van der Waals surface area contributed by atoms with Crippen LogP contribution in [0.2, 0.25) is 0 Å². The third-order valence-electron chi connectivity index (χ3n) is 2.78. The maximum absolute atomic E-state index is 11.1. The molecule has 0 aliphatic carbocycles. The van der Waals surface area contributed by atoms with Crippen molar-refractivity contribution in [2.75, 3.05) is 0 Å². The summed E-state index contributed by atoms with van der Waals surface area (Å²) in [4.78, 5) is 11.1. The first kappa shape index (κ1) is 13.1. The van der Waals surface area contributed by atoms with Crippen LogP contribution in [0.25, 0.3) is 0 Å². The molecule has 0 heterocycles. The van der Waals surface area contributed by atoms with Crippen LogP contribution in [-0.4, -0.2) is 12.6 Å². The van der Waals surface area contributed by atoms with E-state index in [0.29, 0.717) is 17.8 Å². The van der Waals surface area contributed by atoms with Crippen molar-refractivity contribution in [2.24, 2.45) is 0 Å². The zero-order chi connectivity index (χ0) is 13.7. The average Bonchev–Trinajstić information content (AvgIpc) is 2.42. The van der Waals surface area contributed by atoms with Gasteiger partial charge in [-0.15, -0.1) is 0 Å². The van der Waals surface area contributed by atoms with E-state index in [1.54, 1.807) is 0 Å². The molecular formula is C16H16O3. The monoisotopic (exact) mass is 256 g/mol. The van der Waals surface area contributed by atoms with Crippen LogP contribution in [0.4, 0.5) is 0 Å². The van der Waals surface area contributed by atoms with Crippen molar-refractivity contribution in [3.8, 4) is 11.5 Å². The van der Waals surface area contributed by atoms with Crippen molar-refractivity contribution < 1.29 is 14.3 Å². The Bertz CT molecular complexity index is 516. The summed E-state index contributed by atoms with van der Waals surface area (Å²) in [5, 5.41) is 0. The average molecular weight is 256 g/mol. The van der Waals surface area contributed by atoms with E-state index in [1.165, 1.54) is 0 Å². The number of ether oxygens (including phenoxy) is 2. The van der Waals surface area contributed by atoms with Gasteiger partial charge in [0.1, 0.15) is 11.5 Å². The molecule has 0 N–H and O–H groups in total. The minimum Gasteiger partial charge on any atom is -0.448 e. The normalized spacial score (nSPS) is 10.3. The summed E-state index contributed by atoms with van der Waals surface area (Å²) >= 11 is 0. The number of aryl methyl sites for hydroxylation is 2. The molecule has 0 aromatic heterocycles. The predicted molar refractivity (Wildman–Crippen MR) is 73.5 cm³/mol. The van der Waals surface area contributed by atoms with Crippen molar-refractivity contribution in [3.63, 3.8) is 0 Å². The minimum absolute atomic E-state index is 0.646. The molecule has 0 aliphatic heterocycles. The Hall–Kier alpha value is -2.29. The SMILES string of the molecule is Cc1ccccc1OC(C=O)Oc1ccccc1C. The Morgan fingerprint density at radius 3 is 1.63 bits per heavy atom. The number of rotatable bonds is 5. The highest BCUT2D eigenvalue weighted by atomic mass is 16.7. The van der Waals surface area contributed by atoms with Gasteiger partial charge in [0.15, 0.2) is 0 Å². The molecule has 0 atom stereocenters. The van der Waals surface area contributed by atoms with Gasteiger partial charge in [0.2, 0.25) is 6.29 Å². The molecule has 2 aromatic rings. The molecule has 0 saturated carbocycles. The summed E-state index contributed by atoms with van der Waals surface area (Å²) in [7, 11) is 0. The van der Waals surface area contributed by atoms with E-state index in [2.05, 4.69) is 0 Å². The number of carbonyl (C=O) groups excluding carboxylic acids is 1. The van der Waals surface area contributed by atoms with Crippen LogP contribution >= 0.6 is 0 Å². The lowest BCUT2D eigenvalue weighted by Gasteiger charge is -2.17. The van der Waals surface area contributed by atoms with Gasteiger partial charge < -0.3 is 9.47 Å². The summed E-state index contributed by atoms with van der Waals surface area (Å²) in [6.45, 7) is 3.84. The van der Waals surface area contributed by atoms with Gasteiger partial charge in [0, 0.05) is 0 Å². The molecule has 3 nitrogen and oxygen atoms in total. The summed E-state index contributed by atoms with van der Waals surface area (Å²) in [6.07, 6.45) is -0.291. The predicted octanol–water partition coefficient (Wildman–Crippen LogP) is 3.29. The minimum atomic E-state index is -0.942. The Morgan fingerprint density at radius 1 is 0.842 bits per heavy atom. The first-order valence-electron chi connectivity index (χ1n) is 6.10. The summed E-state index contributed by atoms with van der Waals surface area (Å²) < 4.78 is 11.1. The molecule has 0 spiro atoms. The van der Waals surface area contributed by atoms with Crippen LogP contribution in [0.5, 0.6) is 11.5 Å². The van der Waals surface area contributed by atoms with Crippen LogP contribution in [-0.2, 0) is 4.79 Å². The molecule has 0 unspecified atom stereocenters. The Labute approximate surface area is 112 Å². The Kier molecular flexibility index (Phi) is 4.18. The summed E-state index contributed by atoms with van der Waals surface area (Å²) in [5.74, 6) is 1.29. The zero-order valence-electron chi connectivity index (χ0n) is 11.0. The second-order valence-electron chi connectivity index (χ2n) is 4.27. The molecular weight excluding hydrogens is 240 g/mol. The van der Waals surface area contributed by atoms with E-state index in [-0.39, 0.29) is 0 Å². The number of para-hydroxylation sites is 2. The van der Waals surface area contributed by atoms with Gasteiger partial charge in [-0.1, -0.05) is 36.4 Å². The standard InChI is InChI=1S/C16H16O3/c1-12-7-3-5-9-14(12)18-16(11-17)19-15-10-6-4-8-13(15)2/h3-11,16H,1-2H3. The maximum atomic E-state index is 11.1. The summed E-state index contributed by atoms with van der Waals surface area (Å²) in [6, 6.07) is 15.0. The molecule has 0 radical (unpaired) electrons. The molecule has 2 rings (SSSR count). The number of hydrogen-bond acceptors (Lipinski definition) is 3. The molecule has 0 fully saturated rings. The van der Waals surface area contributed by atoms with E-state index in [0.717, 1.165) is 11.1 Å². The first-order valence-corrected chi connectivity index (χ1v) is 6.10. The number of aldehydes is 1. The van der Waals surface area contributed by atoms with E-state index < -0.39 is 6.29 Å². The molecule has 3 heteroatoms. The molecule has 0 bridgehead atoms. The van der Waals surface area contributed by atoms with Gasteiger partial charge in [0.05, 0.1) is 0 Å². The molecule has 0 saturated heterocycles. The lowest BCUT2D eigenvalue weighted by Crippen LogP contribution is -2.26. The van der Waals surface area contributed by atoms with Crippen LogP contribution < -0.4 is 9.47 Å². The number of hydrogen-bond donors (Lipinski definition) is 0. The summed E-state index contributed by atoms with van der Waals surface area (Å²) in [5.41, 5.74) is 1.92. The van der Waals surface area contributed by atoms with E-state index in [1.807, 2.05) is 62.4 Å². The third-order valence-corrected chi connectivity index (χ3v) is 2.78. The topological polar surface area (TPSA) is 35.5 Å². The van der Waals surface area contributed by atoms with Crippen molar-refractivity contribution >= 4 is 6.29 Å². The lowest BCUT2D eigenvalue weighted by molar-refractivity contribution is -0.124. The van der Waals surface area contributed by atoms with Crippen molar-refractivity contribution in [2.45, 2.75) is 20.1 Å². The van der Waals surface area contributed by atoms with Gasteiger partial charge in [-0.2, -0.15) is 0 Å². The molecule has 2 aromatic carbocycles. The Morgan fingerprint density at radius 2 is 1.26 bits per heavy atom. The highest BCUT2D eigenvalue weighted by molar-refractivity contribution is 5.56. The van der Waals surface area contributed by atoms with Crippen molar-refractivity contribution in [1.29, 1.82) is 0 Å². The van der Waals surface area contributed by atoms with Crippen molar-refractivity contribution in [3.05, 3.63) is 59.7 Å². The fourth-order valence-corrected chi connectivity index (χ4v) is 1.71. The van der Waals surface area contributed by atoms with Gasteiger partial charge >= 0.3 is 0 Å². The number of carbonyl (C=O) groups is 1. The van der Waals surface area contributed by atoms with Crippen LogP contribution in [0, 0.1) is 13.8 Å². The maximum Gasteiger partial charge on any atom is 0.297 e. The molecule has 98 valence electrons. The molecule has 0 aliphatic rings. The van der Waals surface area contributed by atoms with Crippen molar-refractivity contribution in [1.82, 2.24) is 0 Å². The Balaban J connectivity index is 2.12. The second kappa shape index (κ2) is 6.05. The fraction of sp³-hybridized carbons (Fsp3) is 0.188. The highest BCUT2D eigenvalue weighted by Crippen LogP contribution is 2.21. The van der Waals surface area contributed by atoms with Gasteiger partial charge in [-0.05, 0) is 37.1 Å². The van der Waals surface area contributed by atoms with E-state index >= 15 is 0 Å². The zero-order valence-corrected chi connectivity index (χ0v) is 11.0. The van der Waals surface area contributed by atoms with Crippen LogP contribution in [0.15, 0.2) is 48.5 Å². The van der Waals surface area contributed by atoms with E-state index in [9.17, 15) is 4.79 Å². The first-order chi connectivity index (χ1) is 9.20. The fourth-order valence-electron chi connectivity index (χ4n) is 1.71. The quantitative estimate of drug-likeness (QED) is 0.608. The van der Waals surface area contributed by atoms with Gasteiger partial charge in [-0.3, -0.25) is 4.79 Å². The van der Waals surface area contributed by atoms with Gasteiger partial charge in [0.25, 0.3) is 6.29 Å². The smallest absolute Gasteiger partial charge is 0.297 e. The highest BCUT2D eigenvalue weighted by Gasteiger charge is 2.13.